The fourth-order valence-electron chi connectivity index (χ4n) is 1.75. The van der Waals surface area contributed by atoms with Gasteiger partial charge in [-0.3, -0.25) is 10.1 Å². The van der Waals surface area contributed by atoms with Crippen molar-refractivity contribution in [2.75, 3.05) is 6.54 Å². The Kier molecular flexibility index (Phi) is 4.40. The van der Waals surface area contributed by atoms with Crippen LogP contribution in [0, 0.1) is 17.0 Å². The number of rotatable bonds is 5. The molecule has 0 saturated heterocycles. The fraction of sp³-hybridized carbons (Fsp3) is 0.364. The first-order chi connectivity index (χ1) is 9.54. The maximum Gasteiger partial charge on any atom is 0.274 e. The van der Waals surface area contributed by atoms with Crippen LogP contribution in [0.25, 0.3) is 5.69 Å². The maximum absolute atomic E-state index is 11.0. The molecule has 0 radical (unpaired) electrons. The predicted octanol–water partition coefficient (Wildman–Crippen LogP) is 1.75. The molecule has 0 aliphatic heterocycles. The first-order valence-electron chi connectivity index (χ1n) is 5.97. The lowest BCUT2D eigenvalue weighted by Gasteiger charge is -2.08. The van der Waals surface area contributed by atoms with Gasteiger partial charge in [-0.05, 0) is 45.9 Å². The Morgan fingerprint density at radius 2 is 2.25 bits per heavy atom. The summed E-state index contributed by atoms with van der Waals surface area (Å²) >= 11 is 3.39. The topological polar surface area (TPSA) is 98.8 Å². The minimum atomic E-state index is -0.417. The van der Waals surface area contributed by atoms with E-state index in [1.807, 2.05) is 6.92 Å². The van der Waals surface area contributed by atoms with Crippen molar-refractivity contribution in [1.29, 1.82) is 0 Å². The fourth-order valence-corrected chi connectivity index (χ4v) is 2.37. The van der Waals surface area contributed by atoms with Crippen LogP contribution < -0.4 is 5.32 Å². The van der Waals surface area contributed by atoms with E-state index in [2.05, 4.69) is 36.8 Å². The van der Waals surface area contributed by atoms with E-state index < -0.39 is 4.92 Å². The lowest BCUT2D eigenvalue weighted by Crippen LogP contribution is -2.16. The Labute approximate surface area is 123 Å². The summed E-state index contributed by atoms with van der Waals surface area (Å²) in [6.07, 6.45) is 0. The Hall–Kier alpha value is -1.87. The van der Waals surface area contributed by atoms with Crippen molar-refractivity contribution in [1.82, 2.24) is 25.5 Å². The maximum atomic E-state index is 11.0. The second-order valence-corrected chi connectivity index (χ2v) is 4.99. The Morgan fingerprint density at radius 3 is 2.90 bits per heavy atom. The van der Waals surface area contributed by atoms with Crippen LogP contribution >= 0.6 is 15.9 Å². The number of tetrazole rings is 1. The zero-order valence-corrected chi connectivity index (χ0v) is 12.6. The summed E-state index contributed by atoms with van der Waals surface area (Å²) in [6, 6.07) is 3.15. The third-order valence-corrected chi connectivity index (χ3v) is 3.39. The minimum Gasteiger partial charge on any atom is -0.310 e. The lowest BCUT2D eigenvalue weighted by atomic mass is 10.2. The van der Waals surface area contributed by atoms with Gasteiger partial charge >= 0.3 is 0 Å². The number of nitrogens with zero attached hydrogens (tertiary/aromatic N) is 5. The minimum absolute atomic E-state index is 0.0353. The SMILES string of the molecule is CCNCc1nnnn1-c1cc([N+](=O)[O-])c(C)cc1Br. The van der Waals surface area contributed by atoms with Crippen molar-refractivity contribution in [2.24, 2.45) is 0 Å². The number of nitro groups is 1. The van der Waals surface area contributed by atoms with Crippen LogP contribution in [-0.4, -0.2) is 31.7 Å². The van der Waals surface area contributed by atoms with Crippen molar-refractivity contribution in [2.45, 2.75) is 20.4 Å². The Balaban J connectivity index is 2.50. The second kappa shape index (κ2) is 6.06. The van der Waals surface area contributed by atoms with Crippen LogP contribution in [0.1, 0.15) is 18.3 Å². The summed E-state index contributed by atoms with van der Waals surface area (Å²) in [4.78, 5) is 10.6. The van der Waals surface area contributed by atoms with Gasteiger partial charge in [0.25, 0.3) is 5.69 Å². The van der Waals surface area contributed by atoms with Crippen LogP contribution in [0.5, 0.6) is 0 Å². The zero-order chi connectivity index (χ0) is 14.7. The first kappa shape index (κ1) is 14.5. The van der Waals surface area contributed by atoms with E-state index in [4.69, 9.17) is 0 Å². The molecule has 2 aromatic rings. The molecule has 2 rings (SSSR count). The molecular formula is C11H13BrN6O2. The average molecular weight is 341 g/mol. The third-order valence-electron chi connectivity index (χ3n) is 2.76. The smallest absolute Gasteiger partial charge is 0.274 e. The number of hydrogen-bond donors (Lipinski definition) is 1. The van der Waals surface area contributed by atoms with Gasteiger partial charge in [0, 0.05) is 16.1 Å². The van der Waals surface area contributed by atoms with Gasteiger partial charge in [0.2, 0.25) is 0 Å². The third kappa shape index (κ3) is 2.83. The Morgan fingerprint density at radius 1 is 1.50 bits per heavy atom. The molecule has 0 saturated carbocycles. The molecule has 1 aromatic heterocycles. The summed E-state index contributed by atoms with van der Waals surface area (Å²) in [5.74, 6) is 0.589. The highest BCUT2D eigenvalue weighted by Crippen LogP contribution is 2.29. The highest BCUT2D eigenvalue weighted by Gasteiger charge is 2.18. The number of aryl methyl sites for hydroxylation is 1. The molecule has 0 amide bonds. The number of halogens is 1. The van der Waals surface area contributed by atoms with E-state index in [0.717, 1.165) is 6.54 Å². The van der Waals surface area contributed by atoms with Crippen LogP contribution in [0.4, 0.5) is 5.69 Å². The van der Waals surface area contributed by atoms with Crippen LogP contribution in [0.3, 0.4) is 0 Å². The summed E-state index contributed by atoms with van der Waals surface area (Å²) in [5, 5.41) is 25.6. The summed E-state index contributed by atoms with van der Waals surface area (Å²) < 4.78 is 2.18. The molecule has 0 unspecified atom stereocenters. The van der Waals surface area contributed by atoms with Crippen molar-refractivity contribution in [3.8, 4) is 5.69 Å². The zero-order valence-electron chi connectivity index (χ0n) is 11.0. The van der Waals surface area contributed by atoms with Gasteiger partial charge in [-0.1, -0.05) is 6.92 Å². The van der Waals surface area contributed by atoms with Crippen molar-refractivity contribution in [3.63, 3.8) is 0 Å². The molecular weight excluding hydrogens is 328 g/mol. The molecule has 0 spiro atoms. The monoisotopic (exact) mass is 340 g/mol. The molecule has 106 valence electrons. The van der Waals surface area contributed by atoms with Crippen molar-refractivity contribution >= 4 is 21.6 Å². The Bertz CT molecular complexity index is 642. The largest absolute Gasteiger partial charge is 0.310 e. The highest BCUT2D eigenvalue weighted by atomic mass is 79.9. The molecule has 0 atom stereocenters. The molecule has 0 fully saturated rings. The van der Waals surface area contributed by atoms with E-state index in [9.17, 15) is 10.1 Å². The molecule has 1 aromatic carbocycles. The molecule has 1 heterocycles. The van der Waals surface area contributed by atoms with E-state index in [1.54, 1.807) is 13.0 Å². The second-order valence-electron chi connectivity index (χ2n) is 4.13. The van der Waals surface area contributed by atoms with Gasteiger partial charge in [-0.2, -0.15) is 4.68 Å². The van der Waals surface area contributed by atoms with Gasteiger partial charge in [0.05, 0.1) is 17.2 Å². The summed E-state index contributed by atoms with van der Waals surface area (Å²) in [6.45, 7) is 4.92. The molecule has 0 bridgehead atoms. The van der Waals surface area contributed by atoms with E-state index in [0.29, 0.717) is 28.1 Å². The van der Waals surface area contributed by atoms with E-state index in [-0.39, 0.29) is 5.69 Å². The van der Waals surface area contributed by atoms with Crippen LogP contribution in [-0.2, 0) is 6.54 Å². The molecule has 0 aliphatic rings. The standard InChI is InChI=1S/C11H13BrN6O2/c1-3-13-6-11-14-15-16-17(11)10-5-9(18(19)20)7(2)4-8(10)12/h4-5,13H,3,6H2,1-2H3. The number of nitro benzene ring substituents is 1. The summed E-state index contributed by atoms with van der Waals surface area (Å²) in [5.41, 5.74) is 1.15. The van der Waals surface area contributed by atoms with Crippen LogP contribution in [0.15, 0.2) is 16.6 Å². The average Bonchev–Trinajstić information content (AvgIpc) is 2.84. The lowest BCUT2D eigenvalue weighted by molar-refractivity contribution is -0.385. The van der Waals surface area contributed by atoms with Crippen LogP contribution in [0.2, 0.25) is 0 Å². The normalized spacial score (nSPS) is 10.8. The van der Waals surface area contributed by atoms with Gasteiger partial charge in [0.15, 0.2) is 5.82 Å². The summed E-state index contributed by atoms with van der Waals surface area (Å²) in [7, 11) is 0. The number of benzene rings is 1. The number of nitrogens with one attached hydrogen (secondary N) is 1. The molecule has 1 N–H and O–H groups in total. The molecule has 9 heteroatoms. The molecule has 20 heavy (non-hydrogen) atoms. The molecule has 0 aliphatic carbocycles. The van der Waals surface area contributed by atoms with E-state index >= 15 is 0 Å². The first-order valence-corrected chi connectivity index (χ1v) is 6.76. The van der Waals surface area contributed by atoms with E-state index in [1.165, 1.54) is 10.7 Å². The van der Waals surface area contributed by atoms with Crippen molar-refractivity contribution < 1.29 is 4.92 Å². The highest BCUT2D eigenvalue weighted by molar-refractivity contribution is 9.10. The van der Waals surface area contributed by atoms with Crippen molar-refractivity contribution in [3.05, 3.63) is 38.1 Å². The van der Waals surface area contributed by atoms with Gasteiger partial charge in [-0.25, -0.2) is 0 Å². The number of aromatic nitrogens is 4. The molecule has 8 nitrogen and oxygen atoms in total. The van der Waals surface area contributed by atoms with Gasteiger partial charge in [0.1, 0.15) is 0 Å². The van der Waals surface area contributed by atoms with Gasteiger partial charge in [-0.15, -0.1) is 5.10 Å². The van der Waals surface area contributed by atoms with Gasteiger partial charge < -0.3 is 5.32 Å². The predicted molar refractivity (Wildman–Crippen MR) is 75.6 cm³/mol. The quantitative estimate of drug-likeness (QED) is 0.657. The number of hydrogen-bond acceptors (Lipinski definition) is 6.